The summed E-state index contributed by atoms with van der Waals surface area (Å²) in [4.78, 5) is 19.0. The molecular weight excluding hydrogens is 429 g/mol. The van der Waals surface area contributed by atoms with Gasteiger partial charge in [0.05, 0.1) is 0 Å². The quantitative estimate of drug-likeness (QED) is 0.510. The standard InChI is InChI=1S/C19H22IN3O2/c1-18(2,3)17-21-15(22-25-17)12-4-6-13(7-5-12)16(24)23-10-19(11-23)8-14(20)9-19/h4-7,14H,8-11H2,1-3H3. The van der Waals surface area contributed by atoms with Crippen LogP contribution in [-0.2, 0) is 5.41 Å². The molecule has 1 amide bonds. The topological polar surface area (TPSA) is 59.2 Å². The van der Waals surface area contributed by atoms with E-state index in [1.165, 1.54) is 12.8 Å². The molecule has 1 aromatic heterocycles. The predicted molar refractivity (Wildman–Crippen MR) is 104 cm³/mol. The third kappa shape index (κ3) is 3.09. The Bertz CT molecular complexity index is 793. The zero-order chi connectivity index (χ0) is 17.8. The van der Waals surface area contributed by atoms with Gasteiger partial charge in [-0.15, -0.1) is 0 Å². The molecule has 1 aliphatic carbocycles. The van der Waals surface area contributed by atoms with Crippen LogP contribution in [0.25, 0.3) is 11.4 Å². The molecule has 2 fully saturated rings. The molecular formula is C19H22IN3O2. The molecule has 2 heterocycles. The van der Waals surface area contributed by atoms with E-state index in [9.17, 15) is 4.79 Å². The number of carbonyl (C=O) groups is 1. The molecule has 0 N–H and O–H groups in total. The van der Waals surface area contributed by atoms with Crippen LogP contribution in [0.2, 0.25) is 0 Å². The van der Waals surface area contributed by atoms with Crippen molar-refractivity contribution in [3.8, 4) is 11.4 Å². The number of benzene rings is 1. The van der Waals surface area contributed by atoms with E-state index < -0.39 is 0 Å². The van der Waals surface area contributed by atoms with Gasteiger partial charge in [-0.1, -0.05) is 60.7 Å². The average Bonchev–Trinajstić information content (AvgIpc) is 2.99. The van der Waals surface area contributed by atoms with Crippen LogP contribution in [0, 0.1) is 5.41 Å². The summed E-state index contributed by atoms with van der Waals surface area (Å²) >= 11 is 2.50. The van der Waals surface area contributed by atoms with Crippen molar-refractivity contribution in [2.45, 2.75) is 43.0 Å². The molecule has 1 saturated carbocycles. The first-order chi connectivity index (χ1) is 11.8. The van der Waals surface area contributed by atoms with E-state index in [2.05, 4.69) is 32.7 Å². The molecule has 1 saturated heterocycles. The highest BCUT2D eigenvalue weighted by Gasteiger charge is 2.52. The minimum Gasteiger partial charge on any atom is -0.338 e. The summed E-state index contributed by atoms with van der Waals surface area (Å²) in [6.07, 6.45) is 2.51. The summed E-state index contributed by atoms with van der Waals surface area (Å²) in [6, 6.07) is 7.50. The molecule has 0 unspecified atom stereocenters. The van der Waals surface area contributed by atoms with Crippen LogP contribution in [0.3, 0.4) is 0 Å². The Labute approximate surface area is 161 Å². The second-order valence-corrected chi connectivity index (χ2v) is 10.2. The van der Waals surface area contributed by atoms with E-state index in [-0.39, 0.29) is 11.3 Å². The molecule has 2 aliphatic rings. The van der Waals surface area contributed by atoms with E-state index in [1.807, 2.05) is 49.9 Å². The minimum atomic E-state index is -0.174. The fourth-order valence-corrected chi connectivity index (χ4v) is 5.50. The lowest BCUT2D eigenvalue weighted by Gasteiger charge is -2.58. The minimum absolute atomic E-state index is 0.123. The number of nitrogens with zero attached hydrogens (tertiary/aromatic N) is 3. The maximum absolute atomic E-state index is 12.6. The van der Waals surface area contributed by atoms with Crippen LogP contribution in [0.15, 0.2) is 28.8 Å². The molecule has 132 valence electrons. The average molecular weight is 451 g/mol. The van der Waals surface area contributed by atoms with Crippen molar-refractivity contribution < 1.29 is 9.32 Å². The Morgan fingerprint density at radius 3 is 2.40 bits per heavy atom. The van der Waals surface area contributed by atoms with Crippen molar-refractivity contribution in [1.82, 2.24) is 15.0 Å². The Kier molecular flexibility index (Phi) is 3.94. The monoisotopic (exact) mass is 451 g/mol. The maximum Gasteiger partial charge on any atom is 0.253 e. The predicted octanol–water partition coefficient (Wildman–Crippen LogP) is 4.07. The Morgan fingerprint density at radius 1 is 1.24 bits per heavy atom. The van der Waals surface area contributed by atoms with Gasteiger partial charge in [0, 0.05) is 39.0 Å². The fourth-order valence-electron chi connectivity index (χ4n) is 3.63. The van der Waals surface area contributed by atoms with Gasteiger partial charge in [0.2, 0.25) is 11.7 Å². The normalized spacial score (nSPS) is 19.6. The van der Waals surface area contributed by atoms with Gasteiger partial charge in [0.15, 0.2) is 0 Å². The van der Waals surface area contributed by atoms with Crippen molar-refractivity contribution in [3.63, 3.8) is 0 Å². The lowest BCUT2D eigenvalue weighted by Crippen LogP contribution is -2.64. The second kappa shape index (κ2) is 5.79. The molecule has 5 nitrogen and oxygen atoms in total. The van der Waals surface area contributed by atoms with Gasteiger partial charge in [-0.05, 0) is 25.0 Å². The largest absolute Gasteiger partial charge is 0.338 e. The number of halogens is 1. The number of aromatic nitrogens is 2. The summed E-state index contributed by atoms with van der Waals surface area (Å²) in [7, 11) is 0. The fraction of sp³-hybridized carbons (Fsp3) is 0.526. The summed E-state index contributed by atoms with van der Waals surface area (Å²) in [6.45, 7) is 7.93. The summed E-state index contributed by atoms with van der Waals surface area (Å²) in [5.41, 5.74) is 1.84. The van der Waals surface area contributed by atoms with Gasteiger partial charge in [0.25, 0.3) is 5.91 Å². The van der Waals surface area contributed by atoms with E-state index in [1.54, 1.807) is 0 Å². The Hall–Kier alpha value is -1.44. The SMILES string of the molecule is CC(C)(C)c1nc(-c2ccc(C(=O)N3CC4(CC(I)C4)C3)cc2)no1. The van der Waals surface area contributed by atoms with Crippen LogP contribution in [0.4, 0.5) is 0 Å². The summed E-state index contributed by atoms with van der Waals surface area (Å²) < 4.78 is 6.13. The second-order valence-electron chi connectivity index (χ2n) is 8.42. The van der Waals surface area contributed by atoms with Gasteiger partial charge in [-0.25, -0.2) is 0 Å². The van der Waals surface area contributed by atoms with Crippen molar-refractivity contribution in [2.75, 3.05) is 13.1 Å². The van der Waals surface area contributed by atoms with Crippen molar-refractivity contribution in [1.29, 1.82) is 0 Å². The molecule has 25 heavy (non-hydrogen) atoms. The van der Waals surface area contributed by atoms with Crippen molar-refractivity contribution >= 4 is 28.5 Å². The number of likely N-dealkylation sites (tertiary alicyclic amines) is 1. The van der Waals surface area contributed by atoms with E-state index in [4.69, 9.17) is 4.52 Å². The van der Waals surface area contributed by atoms with E-state index >= 15 is 0 Å². The first-order valence-corrected chi connectivity index (χ1v) is 9.88. The number of amides is 1. The lowest BCUT2D eigenvalue weighted by molar-refractivity contribution is -0.0360. The third-order valence-corrected chi connectivity index (χ3v) is 5.99. The maximum atomic E-state index is 12.6. The summed E-state index contributed by atoms with van der Waals surface area (Å²) in [5.74, 6) is 1.30. The number of hydrogen-bond acceptors (Lipinski definition) is 4. The van der Waals surface area contributed by atoms with E-state index in [0.717, 1.165) is 28.1 Å². The van der Waals surface area contributed by atoms with Gasteiger partial charge < -0.3 is 9.42 Å². The van der Waals surface area contributed by atoms with Crippen LogP contribution in [0.1, 0.15) is 49.9 Å². The molecule has 2 aromatic rings. The highest BCUT2D eigenvalue weighted by Crippen LogP contribution is 2.51. The van der Waals surface area contributed by atoms with Gasteiger partial charge in [-0.2, -0.15) is 4.98 Å². The van der Waals surface area contributed by atoms with Crippen LogP contribution >= 0.6 is 22.6 Å². The molecule has 4 rings (SSSR count). The van der Waals surface area contributed by atoms with Crippen molar-refractivity contribution in [3.05, 3.63) is 35.7 Å². The van der Waals surface area contributed by atoms with Crippen molar-refractivity contribution in [2.24, 2.45) is 5.41 Å². The van der Waals surface area contributed by atoms with Gasteiger partial charge in [0.1, 0.15) is 0 Å². The molecule has 1 spiro atoms. The van der Waals surface area contributed by atoms with Crippen LogP contribution in [0.5, 0.6) is 0 Å². The van der Waals surface area contributed by atoms with Gasteiger partial charge >= 0.3 is 0 Å². The molecule has 1 aromatic carbocycles. The van der Waals surface area contributed by atoms with E-state index in [0.29, 0.717) is 17.1 Å². The highest BCUT2D eigenvalue weighted by atomic mass is 127. The molecule has 1 aliphatic heterocycles. The first kappa shape index (κ1) is 17.0. The molecule has 6 heteroatoms. The lowest BCUT2D eigenvalue weighted by atomic mass is 9.63. The van der Waals surface area contributed by atoms with Crippen LogP contribution < -0.4 is 0 Å². The molecule has 0 bridgehead atoms. The smallest absolute Gasteiger partial charge is 0.253 e. The third-order valence-electron chi connectivity index (χ3n) is 5.11. The number of alkyl halides is 1. The van der Waals surface area contributed by atoms with Crippen LogP contribution in [-0.4, -0.2) is 38.0 Å². The highest BCUT2D eigenvalue weighted by molar-refractivity contribution is 14.1. The van der Waals surface area contributed by atoms with Gasteiger partial charge in [-0.3, -0.25) is 4.79 Å². The number of hydrogen-bond donors (Lipinski definition) is 0. The Balaban J connectivity index is 1.44. The molecule has 0 radical (unpaired) electrons. The zero-order valence-electron chi connectivity index (χ0n) is 14.8. The number of carbonyl (C=O) groups excluding carboxylic acids is 1. The Morgan fingerprint density at radius 2 is 1.88 bits per heavy atom. The zero-order valence-corrected chi connectivity index (χ0v) is 16.9. The number of rotatable bonds is 2. The molecule has 0 atom stereocenters. The first-order valence-electron chi connectivity index (χ1n) is 8.64. The summed E-state index contributed by atoms with van der Waals surface area (Å²) in [5, 5.41) is 4.05.